The van der Waals surface area contributed by atoms with E-state index in [1.54, 1.807) is 11.0 Å². The van der Waals surface area contributed by atoms with Crippen LogP contribution in [0.5, 0.6) is 0 Å². The van der Waals surface area contributed by atoms with Crippen molar-refractivity contribution in [3.63, 3.8) is 0 Å². The van der Waals surface area contributed by atoms with Gasteiger partial charge in [0.15, 0.2) is 0 Å². The molecule has 5 nitrogen and oxygen atoms in total. The third-order valence-corrected chi connectivity index (χ3v) is 5.59. The Bertz CT molecular complexity index is 795. The molecule has 2 saturated heterocycles. The summed E-state index contributed by atoms with van der Waals surface area (Å²) in [5.74, 6) is 0.171. The number of rotatable bonds is 3. The molecule has 0 unspecified atom stereocenters. The highest BCUT2D eigenvalue weighted by atomic mass is 16.5. The monoisotopic (exact) mass is 352 g/mol. The molecule has 5 heteroatoms. The van der Waals surface area contributed by atoms with Gasteiger partial charge in [-0.3, -0.25) is 4.79 Å². The first kappa shape index (κ1) is 17.2. The Morgan fingerprint density at radius 2 is 2.04 bits per heavy atom. The minimum absolute atomic E-state index is 0.0806. The number of hydrogen-bond donors (Lipinski definition) is 2. The van der Waals surface area contributed by atoms with Crippen LogP contribution in [0.1, 0.15) is 33.8 Å². The van der Waals surface area contributed by atoms with Crippen molar-refractivity contribution in [3.05, 3.63) is 71.3 Å². The van der Waals surface area contributed by atoms with Crippen LogP contribution in [0.3, 0.4) is 0 Å². The standard InChI is InChI=1S/C21H24N2O3/c22-11-15-5-4-8-17(9-15)20(25)23-12-19(24)21(14-23)10-18(13-26-21)16-6-2-1-3-7-16/h1-9,18-19,24H,10-14,22H2/t18-,19+,21+/m0/s1. The Hall–Kier alpha value is -2.21. The number of carbonyl (C=O) groups excluding carboxylic acids is 1. The van der Waals surface area contributed by atoms with Gasteiger partial charge in [-0.1, -0.05) is 42.5 Å². The Morgan fingerprint density at radius 1 is 1.23 bits per heavy atom. The lowest BCUT2D eigenvalue weighted by Crippen LogP contribution is -2.41. The number of nitrogens with two attached hydrogens (primary N) is 1. The fourth-order valence-corrected chi connectivity index (χ4v) is 4.12. The van der Waals surface area contributed by atoms with E-state index in [1.165, 1.54) is 5.56 Å². The number of nitrogens with zero attached hydrogens (tertiary/aromatic N) is 1. The number of ether oxygens (including phenoxy) is 1. The van der Waals surface area contributed by atoms with Crippen LogP contribution in [0.4, 0.5) is 0 Å². The summed E-state index contributed by atoms with van der Waals surface area (Å²) in [6, 6.07) is 17.6. The van der Waals surface area contributed by atoms with Crippen LogP contribution < -0.4 is 5.73 Å². The van der Waals surface area contributed by atoms with Crippen LogP contribution in [0.25, 0.3) is 0 Å². The van der Waals surface area contributed by atoms with Gasteiger partial charge in [-0.2, -0.15) is 0 Å². The minimum atomic E-state index is -0.669. The smallest absolute Gasteiger partial charge is 0.254 e. The molecule has 2 aliphatic heterocycles. The predicted molar refractivity (Wildman–Crippen MR) is 98.7 cm³/mol. The number of hydrogen-bond acceptors (Lipinski definition) is 4. The maximum Gasteiger partial charge on any atom is 0.254 e. The van der Waals surface area contributed by atoms with E-state index < -0.39 is 11.7 Å². The molecule has 0 bridgehead atoms. The molecule has 1 spiro atoms. The predicted octanol–water partition coefficient (Wildman–Crippen LogP) is 1.90. The Labute approximate surface area is 153 Å². The van der Waals surface area contributed by atoms with E-state index in [0.29, 0.717) is 31.8 Å². The normalized spacial score (nSPS) is 28.0. The Morgan fingerprint density at radius 3 is 2.81 bits per heavy atom. The van der Waals surface area contributed by atoms with Crippen LogP contribution in [-0.2, 0) is 11.3 Å². The molecule has 0 saturated carbocycles. The molecule has 2 heterocycles. The molecule has 3 N–H and O–H groups in total. The van der Waals surface area contributed by atoms with Crippen LogP contribution in [0, 0.1) is 0 Å². The van der Waals surface area contributed by atoms with Gasteiger partial charge >= 0.3 is 0 Å². The second-order valence-electron chi connectivity index (χ2n) is 7.29. The molecule has 0 aliphatic carbocycles. The van der Waals surface area contributed by atoms with Crippen molar-refractivity contribution >= 4 is 5.91 Å². The number of aliphatic hydroxyl groups excluding tert-OH is 1. The highest BCUT2D eigenvalue weighted by molar-refractivity contribution is 5.94. The van der Waals surface area contributed by atoms with E-state index in [1.807, 2.05) is 36.4 Å². The number of amides is 1. The summed E-state index contributed by atoms with van der Waals surface area (Å²) >= 11 is 0. The fraction of sp³-hybridized carbons (Fsp3) is 0.381. The topological polar surface area (TPSA) is 75.8 Å². The van der Waals surface area contributed by atoms with Crippen LogP contribution in [0.2, 0.25) is 0 Å². The van der Waals surface area contributed by atoms with Gasteiger partial charge in [0, 0.05) is 24.6 Å². The Balaban J connectivity index is 1.50. The van der Waals surface area contributed by atoms with Gasteiger partial charge in [0.1, 0.15) is 11.7 Å². The zero-order valence-corrected chi connectivity index (χ0v) is 14.7. The lowest BCUT2D eigenvalue weighted by atomic mass is 9.87. The van der Waals surface area contributed by atoms with Gasteiger partial charge in [-0.05, 0) is 29.7 Å². The third kappa shape index (κ3) is 3.03. The molecular weight excluding hydrogens is 328 g/mol. The summed E-state index contributed by atoms with van der Waals surface area (Å²) in [6.45, 7) is 1.69. The molecule has 0 aromatic heterocycles. The zero-order chi connectivity index (χ0) is 18.1. The van der Waals surface area contributed by atoms with Crippen molar-refractivity contribution in [1.29, 1.82) is 0 Å². The number of carbonyl (C=O) groups is 1. The molecule has 4 rings (SSSR count). The van der Waals surface area contributed by atoms with Crippen LogP contribution in [-0.4, -0.2) is 47.3 Å². The maximum absolute atomic E-state index is 12.9. The van der Waals surface area contributed by atoms with Crippen LogP contribution in [0.15, 0.2) is 54.6 Å². The molecule has 1 amide bonds. The van der Waals surface area contributed by atoms with Gasteiger partial charge in [0.2, 0.25) is 0 Å². The zero-order valence-electron chi connectivity index (χ0n) is 14.7. The number of β-amino-alcohol motifs (C(OH)–C–C–N with tert-alkyl or cyclic N) is 1. The van der Waals surface area contributed by atoms with Gasteiger partial charge in [0.25, 0.3) is 5.91 Å². The summed E-state index contributed by atoms with van der Waals surface area (Å²) in [5.41, 5.74) is 7.76. The fourth-order valence-electron chi connectivity index (χ4n) is 4.12. The Kier molecular flexibility index (Phi) is 4.53. The lowest BCUT2D eigenvalue weighted by molar-refractivity contribution is -0.0591. The van der Waals surface area contributed by atoms with E-state index >= 15 is 0 Å². The second kappa shape index (κ2) is 6.83. The van der Waals surface area contributed by atoms with Gasteiger partial charge in [0.05, 0.1) is 13.2 Å². The molecular formula is C21H24N2O3. The first-order chi connectivity index (χ1) is 12.6. The van der Waals surface area contributed by atoms with Crippen molar-refractivity contribution in [1.82, 2.24) is 4.90 Å². The first-order valence-corrected chi connectivity index (χ1v) is 9.06. The van der Waals surface area contributed by atoms with Crippen molar-refractivity contribution in [2.75, 3.05) is 19.7 Å². The van der Waals surface area contributed by atoms with Crippen LogP contribution >= 0.6 is 0 Å². The quantitative estimate of drug-likeness (QED) is 0.885. The average Bonchev–Trinajstić information content (AvgIpc) is 3.26. The van der Waals surface area contributed by atoms with Crippen molar-refractivity contribution in [2.45, 2.75) is 30.6 Å². The summed E-state index contributed by atoms with van der Waals surface area (Å²) < 4.78 is 6.08. The van der Waals surface area contributed by atoms with Gasteiger partial charge < -0.3 is 20.5 Å². The lowest BCUT2D eigenvalue weighted by Gasteiger charge is -2.26. The SMILES string of the molecule is NCc1cccc(C(=O)N2C[C@@H](O)[C@@]3(C[C@H](c4ccccc4)CO3)C2)c1. The number of aliphatic hydroxyl groups is 1. The molecule has 2 aromatic carbocycles. The van der Waals surface area contributed by atoms with Crippen molar-refractivity contribution < 1.29 is 14.6 Å². The number of benzene rings is 2. The van der Waals surface area contributed by atoms with Crippen molar-refractivity contribution in [2.24, 2.45) is 5.73 Å². The molecule has 2 aliphatic rings. The highest BCUT2D eigenvalue weighted by Crippen LogP contribution is 2.42. The van der Waals surface area contributed by atoms with Crippen molar-refractivity contribution in [3.8, 4) is 0 Å². The maximum atomic E-state index is 12.9. The summed E-state index contributed by atoms with van der Waals surface area (Å²) in [6.07, 6.45) is 0.0583. The van der Waals surface area contributed by atoms with Gasteiger partial charge in [-0.15, -0.1) is 0 Å². The molecule has 3 atom stereocenters. The summed E-state index contributed by atoms with van der Waals surface area (Å²) in [5, 5.41) is 10.7. The molecule has 2 fully saturated rings. The molecule has 26 heavy (non-hydrogen) atoms. The van der Waals surface area contributed by atoms with E-state index in [9.17, 15) is 9.90 Å². The van der Waals surface area contributed by atoms with E-state index in [0.717, 1.165) is 12.0 Å². The highest BCUT2D eigenvalue weighted by Gasteiger charge is 2.53. The van der Waals surface area contributed by atoms with E-state index in [-0.39, 0.29) is 11.8 Å². The first-order valence-electron chi connectivity index (χ1n) is 9.06. The summed E-state index contributed by atoms with van der Waals surface area (Å²) in [4.78, 5) is 14.6. The minimum Gasteiger partial charge on any atom is -0.388 e. The molecule has 0 radical (unpaired) electrons. The average molecular weight is 352 g/mol. The number of likely N-dealkylation sites (tertiary alicyclic amines) is 1. The molecule has 2 aromatic rings. The molecule has 136 valence electrons. The van der Waals surface area contributed by atoms with E-state index in [2.05, 4.69) is 12.1 Å². The summed E-state index contributed by atoms with van der Waals surface area (Å²) in [7, 11) is 0. The van der Waals surface area contributed by atoms with E-state index in [4.69, 9.17) is 10.5 Å². The second-order valence-corrected chi connectivity index (χ2v) is 7.29. The van der Waals surface area contributed by atoms with Gasteiger partial charge in [-0.25, -0.2) is 0 Å². The third-order valence-electron chi connectivity index (χ3n) is 5.59. The largest absolute Gasteiger partial charge is 0.388 e.